The SMILES string of the molecule is CC(C)CC(=O)CCCCC(=O)N1Cc2ccccc2-c2nnn(CCOCCOCCOCCOCCOCCOCCOCCOCCOCCOCCCC(=O)CC(C)C)c2-c2ccccc21. The number of hydrogen-bond donors (Lipinski definition) is 0. The molecule has 0 saturated carbocycles. The summed E-state index contributed by atoms with van der Waals surface area (Å²) in [7, 11) is 0. The van der Waals surface area contributed by atoms with E-state index in [1.807, 2.05) is 58.1 Å². The Labute approximate surface area is 416 Å². The number of benzene rings is 2. The third kappa shape index (κ3) is 24.4. The molecule has 3 aromatic rings. The molecule has 4 rings (SSSR count). The van der Waals surface area contributed by atoms with Crippen molar-refractivity contribution in [3.05, 3.63) is 54.1 Å². The van der Waals surface area contributed by atoms with Crippen molar-refractivity contribution in [2.24, 2.45) is 11.8 Å². The summed E-state index contributed by atoms with van der Waals surface area (Å²) in [4.78, 5) is 39.7. The number of carbonyl (C=O) groups excluding carboxylic acids is 3. The normalized spacial score (nSPS) is 12.3. The van der Waals surface area contributed by atoms with Gasteiger partial charge in [0.05, 0.1) is 150 Å². The van der Waals surface area contributed by atoms with E-state index in [4.69, 9.17) is 47.4 Å². The van der Waals surface area contributed by atoms with Crippen LogP contribution in [0.1, 0.15) is 84.6 Å². The van der Waals surface area contributed by atoms with Crippen molar-refractivity contribution in [2.45, 2.75) is 92.2 Å². The smallest absolute Gasteiger partial charge is 0.227 e. The van der Waals surface area contributed by atoms with Crippen LogP contribution in [0.2, 0.25) is 0 Å². The first-order valence-electron chi connectivity index (χ1n) is 25.5. The maximum Gasteiger partial charge on any atom is 0.227 e. The number of unbranched alkanes of at least 4 members (excludes halogenated alkanes) is 1. The van der Waals surface area contributed by atoms with Gasteiger partial charge in [-0.25, -0.2) is 4.68 Å². The average molecular weight is 983 g/mol. The number of nitrogens with zero attached hydrogens (tertiary/aromatic N) is 4. The summed E-state index contributed by atoms with van der Waals surface area (Å²) in [5.74, 6) is 1.34. The Morgan fingerprint density at radius 3 is 1.37 bits per heavy atom. The van der Waals surface area contributed by atoms with Gasteiger partial charge in [0, 0.05) is 49.8 Å². The summed E-state index contributed by atoms with van der Waals surface area (Å²) >= 11 is 0. The molecule has 0 fully saturated rings. The van der Waals surface area contributed by atoms with Gasteiger partial charge >= 0.3 is 0 Å². The molecule has 0 spiro atoms. The highest BCUT2D eigenvalue weighted by molar-refractivity contribution is 6.00. The molecule has 1 aliphatic rings. The Bertz CT molecular complexity index is 1880. The summed E-state index contributed by atoms with van der Waals surface area (Å²) < 4.78 is 57.8. The number of ether oxygens (including phenoxy) is 10. The number of hydrogen-bond acceptors (Lipinski definition) is 15. The van der Waals surface area contributed by atoms with Crippen LogP contribution in [-0.2, 0) is 74.8 Å². The number of ketones is 2. The summed E-state index contributed by atoms with van der Waals surface area (Å²) in [5.41, 5.74) is 5.25. The van der Waals surface area contributed by atoms with Gasteiger partial charge in [0.1, 0.15) is 17.3 Å². The summed E-state index contributed by atoms with van der Waals surface area (Å²) in [5, 5.41) is 9.20. The summed E-state index contributed by atoms with van der Waals surface area (Å²) in [6.45, 7) is 18.6. The second-order valence-electron chi connectivity index (χ2n) is 17.9. The van der Waals surface area contributed by atoms with Gasteiger partial charge in [0.25, 0.3) is 0 Å². The van der Waals surface area contributed by atoms with Crippen LogP contribution in [0.15, 0.2) is 48.5 Å². The molecule has 0 radical (unpaired) electrons. The molecule has 0 bridgehead atoms. The van der Waals surface area contributed by atoms with E-state index >= 15 is 0 Å². The highest BCUT2D eigenvalue weighted by Gasteiger charge is 2.29. The van der Waals surface area contributed by atoms with E-state index in [-0.39, 0.29) is 11.7 Å². The predicted molar refractivity (Wildman–Crippen MR) is 267 cm³/mol. The van der Waals surface area contributed by atoms with E-state index in [0.717, 1.165) is 40.2 Å². The lowest BCUT2D eigenvalue weighted by Gasteiger charge is -2.29. The largest absolute Gasteiger partial charge is 0.379 e. The zero-order chi connectivity index (χ0) is 49.9. The average Bonchev–Trinajstić information content (AvgIpc) is 3.75. The topological polar surface area (TPSA) is 177 Å². The standard InChI is InChI=1S/C53H82N4O13/c1-43(2)40-46(58)13-6-10-18-51(60)56-42-45-12-5-7-15-48(45)52-53(49-16-8-9-17-50(49)56)57(55-54-52)19-21-62-23-25-64-27-29-66-31-33-68-35-37-70-39-38-69-36-34-67-32-30-65-28-26-63-24-22-61-20-11-14-47(59)41-44(3)4/h5,7-9,12,15-17,43-44H,6,10-11,13-14,18-42H2,1-4H3. The Morgan fingerprint density at radius 1 is 0.486 bits per heavy atom. The highest BCUT2D eigenvalue weighted by atomic mass is 16.6. The third-order valence-electron chi connectivity index (χ3n) is 11.0. The van der Waals surface area contributed by atoms with Gasteiger partial charge in [-0.2, -0.15) is 0 Å². The number of Topliss-reactive ketones (excluding diaryl/α,β-unsaturated/α-hetero) is 2. The van der Waals surface area contributed by atoms with Gasteiger partial charge in [-0.15, -0.1) is 5.10 Å². The van der Waals surface area contributed by atoms with Crippen LogP contribution in [0.25, 0.3) is 22.5 Å². The molecular weight excluding hydrogens is 901 g/mol. The molecule has 2 heterocycles. The maximum absolute atomic E-state index is 13.9. The first-order valence-corrected chi connectivity index (χ1v) is 25.5. The molecule has 1 amide bonds. The number of fused-ring (bicyclic) bond motifs is 5. The Kier molecular flexibility index (Phi) is 30.8. The van der Waals surface area contributed by atoms with E-state index in [1.165, 1.54) is 0 Å². The fraction of sp³-hybridized carbons (Fsp3) is 0.679. The van der Waals surface area contributed by atoms with Gasteiger partial charge in [-0.3, -0.25) is 14.4 Å². The number of anilines is 1. The molecule has 17 nitrogen and oxygen atoms in total. The number of amides is 1. The molecule has 392 valence electrons. The van der Waals surface area contributed by atoms with E-state index in [1.54, 1.807) is 0 Å². The molecule has 0 atom stereocenters. The lowest BCUT2D eigenvalue weighted by atomic mass is 9.95. The van der Waals surface area contributed by atoms with Crippen molar-refractivity contribution in [1.29, 1.82) is 0 Å². The van der Waals surface area contributed by atoms with Crippen LogP contribution < -0.4 is 4.90 Å². The zero-order valence-electron chi connectivity index (χ0n) is 42.6. The molecule has 0 unspecified atom stereocenters. The summed E-state index contributed by atoms with van der Waals surface area (Å²) in [6.07, 6.45) is 4.80. The maximum atomic E-state index is 13.9. The molecule has 1 aliphatic heterocycles. The van der Waals surface area contributed by atoms with E-state index in [9.17, 15) is 14.4 Å². The minimum absolute atomic E-state index is 0.0264. The minimum Gasteiger partial charge on any atom is -0.379 e. The van der Waals surface area contributed by atoms with Gasteiger partial charge < -0.3 is 52.3 Å². The van der Waals surface area contributed by atoms with Crippen LogP contribution >= 0.6 is 0 Å². The van der Waals surface area contributed by atoms with Crippen LogP contribution in [0, 0.1) is 11.8 Å². The van der Waals surface area contributed by atoms with Crippen molar-refractivity contribution in [1.82, 2.24) is 15.0 Å². The van der Waals surface area contributed by atoms with Crippen molar-refractivity contribution in [2.75, 3.05) is 137 Å². The van der Waals surface area contributed by atoms with Crippen molar-refractivity contribution < 1.29 is 61.8 Å². The van der Waals surface area contributed by atoms with Gasteiger partial charge in [-0.05, 0) is 42.7 Å². The Balaban J connectivity index is 0.948. The number of carbonyl (C=O) groups is 3. The van der Waals surface area contributed by atoms with Gasteiger partial charge in [0.15, 0.2) is 0 Å². The second-order valence-corrected chi connectivity index (χ2v) is 17.9. The molecule has 0 N–H and O–H groups in total. The Morgan fingerprint density at radius 2 is 0.886 bits per heavy atom. The van der Waals surface area contributed by atoms with Crippen molar-refractivity contribution in [3.63, 3.8) is 0 Å². The fourth-order valence-electron chi connectivity index (χ4n) is 7.65. The molecular formula is C53H82N4O13. The first-order chi connectivity index (χ1) is 34.2. The van der Waals surface area contributed by atoms with Crippen LogP contribution in [-0.4, -0.2) is 165 Å². The minimum atomic E-state index is 0.0264. The summed E-state index contributed by atoms with van der Waals surface area (Å²) in [6, 6.07) is 16.0. The highest BCUT2D eigenvalue weighted by Crippen LogP contribution is 2.41. The second kappa shape index (κ2) is 36.8. The predicted octanol–water partition coefficient (Wildman–Crippen LogP) is 7.20. The van der Waals surface area contributed by atoms with E-state index in [0.29, 0.717) is 208 Å². The fourth-order valence-corrected chi connectivity index (χ4v) is 7.65. The Hall–Kier alpha value is -4.01. The van der Waals surface area contributed by atoms with E-state index in [2.05, 4.69) is 38.0 Å². The molecule has 0 aliphatic carbocycles. The monoisotopic (exact) mass is 983 g/mol. The van der Waals surface area contributed by atoms with Gasteiger partial charge in [-0.1, -0.05) is 75.4 Å². The molecule has 1 aromatic heterocycles. The molecule has 0 saturated heterocycles. The number of rotatable bonds is 43. The van der Waals surface area contributed by atoms with Crippen LogP contribution in [0.5, 0.6) is 0 Å². The molecule has 17 heteroatoms. The van der Waals surface area contributed by atoms with Crippen molar-refractivity contribution in [3.8, 4) is 22.5 Å². The first kappa shape index (κ1) is 58.6. The van der Waals surface area contributed by atoms with Crippen molar-refractivity contribution >= 4 is 23.2 Å². The van der Waals surface area contributed by atoms with Crippen LogP contribution in [0.4, 0.5) is 5.69 Å². The quantitative estimate of drug-likeness (QED) is 0.0520. The number of para-hydroxylation sites is 1. The number of aromatic nitrogens is 3. The van der Waals surface area contributed by atoms with Crippen LogP contribution in [0.3, 0.4) is 0 Å². The molecule has 2 aromatic carbocycles. The van der Waals surface area contributed by atoms with Gasteiger partial charge in [0.2, 0.25) is 5.91 Å². The molecule has 70 heavy (non-hydrogen) atoms. The zero-order valence-corrected chi connectivity index (χ0v) is 42.6. The lowest BCUT2D eigenvalue weighted by Crippen LogP contribution is -2.31. The third-order valence-corrected chi connectivity index (χ3v) is 11.0. The van der Waals surface area contributed by atoms with E-state index < -0.39 is 0 Å². The lowest BCUT2D eigenvalue weighted by molar-refractivity contribution is -0.121.